The molecule has 2 heterocycles. The molecule has 0 saturated heterocycles. The van der Waals surface area contributed by atoms with Gasteiger partial charge in [0, 0.05) is 16.7 Å². The van der Waals surface area contributed by atoms with Crippen molar-refractivity contribution in [1.29, 1.82) is 0 Å². The quantitative estimate of drug-likeness (QED) is 0.643. The van der Waals surface area contributed by atoms with Gasteiger partial charge in [-0.05, 0) is 50.5 Å². The molecule has 3 N–H and O–H groups in total. The van der Waals surface area contributed by atoms with Crippen molar-refractivity contribution < 1.29 is 24.3 Å². The summed E-state index contributed by atoms with van der Waals surface area (Å²) in [7, 11) is 0. The van der Waals surface area contributed by atoms with Gasteiger partial charge < -0.3 is 20.1 Å². The molecule has 9 heteroatoms. The summed E-state index contributed by atoms with van der Waals surface area (Å²) < 4.78 is 5.60. The Hall–Kier alpha value is -2.42. The van der Waals surface area contributed by atoms with Crippen LogP contribution in [0, 0.1) is 5.92 Å². The van der Waals surface area contributed by atoms with E-state index in [2.05, 4.69) is 15.5 Å². The van der Waals surface area contributed by atoms with Gasteiger partial charge in [-0.25, -0.2) is 4.79 Å². The highest BCUT2D eigenvalue weighted by Crippen LogP contribution is 2.46. The minimum Gasteiger partial charge on any atom is -0.450 e. The van der Waals surface area contributed by atoms with E-state index in [4.69, 9.17) is 19.5 Å². The van der Waals surface area contributed by atoms with Crippen LogP contribution in [0.15, 0.2) is 4.52 Å². The van der Waals surface area contributed by atoms with E-state index in [0.29, 0.717) is 11.8 Å². The molecule has 2 saturated carbocycles. The van der Waals surface area contributed by atoms with Crippen molar-refractivity contribution in [3.05, 3.63) is 16.3 Å². The largest absolute Gasteiger partial charge is 0.503 e. The summed E-state index contributed by atoms with van der Waals surface area (Å²) >= 11 is 1.71. The Morgan fingerprint density at radius 3 is 2.45 bits per heavy atom. The van der Waals surface area contributed by atoms with E-state index in [9.17, 15) is 4.79 Å². The van der Waals surface area contributed by atoms with Crippen molar-refractivity contribution in [2.75, 3.05) is 5.32 Å². The smallest absolute Gasteiger partial charge is 0.450 e. The van der Waals surface area contributed by atoms with Crippen LogP contribution >= 0.6 is 11.3 Å². The van der Waals surface area contributed by atoms with Crippen molar-refractivity contribution in [3.8, 4) is 11.5 Å². The number of rotatable bonds is 4. The van der Waals surface area contributed by atoms with E-state index in [1.807, 2.05) is 0 Å². The second-order valence-corrected chi connectivity index (χ2v) is 9.01. The summed E-state index contributed by atoms with van der Waals surface area (Å²) in [6, 6.07) is 0. The number of aryl methyl sites for hydroxylation is 1. The van der Waals surface area contributed by atoms with E-state index in [0.717, 1.165) is 54.9 Å². The lowest BCUT2D eigenvalue weighted by Crippen LogP contribution is -2.24. The number of thiophene rings is 1. The molecule has 1 amide bonds. The third-order valence-electron chi connectivity index (χ3n) is 5.73. The Morgan fingerprint density at radius 2 is 1.76 bits per heavy atom. The van der Waals surface area contributed by atoms with Crippen LogP contribution in [0.5, 0.6) is 0 Å². The van der Waals surface area contributed by atoms with Crippen LogP contribution in [-0.4, -0.2) is 32.4 Å². The van der Waals surface area contributed by atoms with Gasteiger partial charge in [-0.1, -0.05) is 24.4 Å². The minimum atomic E-state index is -1.83. The molecule has 0 spiro atoms. The number of aromatic nitrogens is 2. The van der Waals surface area contributed by atoms with Crippen molar-refractivity contribution >= 4 is 28.4 Å². The number of nitrogens with zero attached hydrogens (tertiary/aromatic N) is 2. The number of carbonyl (C=O) groups is 2. The molecule has 5 rings (SSSR count). The average molecular weight is 420 g/mol. The fourth-order valence-corrected chi connectivity index (χ4v) is 5.43. The molecule has 0 bridgehead atoms. The first-order chi connectivity index (χ1) is 14.0. The van der Waals surface area contributed by atoms with E-state index < -0.39 is 6.16 Å². The van der Waals surface area contributed by atoms with Crippen molar-refractivity contribution in [2.24, 2.45) is 5.92 Å². The van der Waals surface area contributed by atoms with Crippen LogP contribution in [0.2, 0.25) is 0 Å². The van der Waals surface area contributed by atoms with Gasteiger partial charge in [0.05, 0.1) is 5.56 Å². The molecule has 29 heavy (non-hydrogen) atoms. The van der Waals surface area contributed by atoms with Gasteiger partial charge in [-0.15, -0.1) is 11.3 Å². The molecular weight excluding hydrogens is 394 g/mol. The standard InChI is InChI=1S/C19H23N3O2S.CH2O3/c23-17(12-5-2-1-3-6-12)21-19-15(13-7-4-8-14(13)25-19)18-20-16(22-24-18)11-9-10-11;2-1(3)4/h11-12H,1-10H2,(H,21,23);(H2,2,3,4). The summed E-state index contributed by atoms with van der Waals surface area (Å²) in [4.78, 5) is 27.3. The fourth-order valence-electron chi connectivity index (χ4n) is 4.14. The lowest BCUT2D eigenvalue weighted by Gasteiger charge is -2.20. The zero-order valence-electron chi connectivity index (χ0n) is 16.1. The summed E-state index contributed by atoms with van der Waals surface area (Å²) in [5.74, 6) is 2.23. The molecule has 156 valence electrons. The van der Waals surface area contributed by atoms with Gasteiger partial charge in [-0.2, -0.15) is 4.98 Å². The Labute approximate surface area is 172 Å². The van der Waals surface area contributed by atoms with Crippen LogP contribution in [0.1, 0.15) is 73.5 Å². The van der Waals surface area contributed by atoms with Crippen LogP contribution in [0.4, 0.5) is 9.80 Å². The molecule has 3 aliphatic carbocycles. The Bertz CT molecular complexity index is 892. The number of hydrogen-bond acceptors (Lipinski definition) is 6. The number of anilines is 1. The van der Waals surface area contributed by atoms with Crippen molar-refractivity contribution in [2.45, 2.75) is 70.1 Å². The van der Waals surface area contributed by atoms with E-state index >= 15 is 0 Å². The maximum Gasteiger partial charge on any atom is 0.503 e. The Balaban J connectivity index is 0.000000472. The van der Waals surface area contributed by atoms with E-state index in [1.54, 1.807) is 11.3 Å². The molecule has 3 aliphatic rings. The molecular formula is C20H25N3O5S. The van der Waals surface area contributed by atoms with Gasteiger partial charge in [0.25, 0.3) is 5.89 Å². The zero-order chi connectivity index (χ0) is 20.4. The lowest BCUT2D eigenvalue weighted by atomic mass is 9.89. The molecule has 0 aliphatic heterocycles. The van der Waals surface area contributed by atoms with Gasteiger partial charge in [0.1, 0.15) is 5.00 Å². The third-order valence-corrected chi connectivity index (χ3v) is 6.94. The fraction of sp³-hybridized carbons (Fsp3) is 0.600. The Morgan fingerprint density at radius 1 is 1.03 bits per heavy atom. The van der Waals surface area contributed by atoms with Gasteiger partial charge in [-0.3, -0.25) is 4.79 Å². The first kappa shape index (κ1) is 19.9. The number of carbonyl (C=O) groups excluding carboxylic acids is 1. The topological polar surface area (TPSA) is 126 Å². The lowest BCUT2D eigenvalue weighted by molar-refractivity contribution is -0.120. The van der Waals surface area contributed by atoms with Crippen LogP contribution in [0.3, 0.4) is 0 Å². The number of amides is 1. The van der Waals surface area contributed by atoms with Gasteiger partial charge >= 0.3 is 6.16 Å². The molecule has 2 fully saturated rings. The maximum atomic E-state index is 12.7. The van der Waals surface area contributed by atoms with E-state index in [1.165, 1.54) is 36.1 Å². The normalized spacial score (nSPS) is 18.6. The minimum absolute atomic E-state index is 0.156. The number of nitrogens with one attached hydrogen (secondary N) is 1. The average Bonchev–Trinajstić information content (AvgIpc) is 3.10. The predicted molar refractivity (Wildman–Crippen MR) is 107 cm³/mol. The monoisotopic (exact) mass is 419 g/mol. The molecule has 0 aromatic carbocycles. The summed E-state index contributed by atoms with van der Waals surface area (Å²) in [6.45, 7) is 0. The second-order valence-electron chi connectivity index (χ2n) is 7.90. The second kappa shape index (κ2) is 8.52. The number of fused-ring (bicyclic) bond motifs is 1. The molecule has 0 atom stereocenters. The zero-order valence-corrected chi connectivity index (χ0v) is 17.0. The Kier molecular flexibility index (Phi) is 5.84. The summed E-state index contributed by atoms with van der Waals surface area (Å²) in [6.07, 6.45) is 9.41. The highest BCUT2D eigenvalue weighted by atomic mass is 32.1. The SMILES string of the molecule is O=C(Nc1sc2c(c1-c1nc(C3CC3)no1)CCC2)C1CCCCC1.O=C(O)O. The molecule has 2 aromatic rings. The highest BCUT2D eigenvalue weighted by Gasteiger charge is 2.32. The maximum absolute atomic E-state index is 12.7. The first-order valence-electron chi connectivity index (χ1n) is 10.2. The molecule has 0 radical (unpaired) electrons. The summed E-state index contributed by atoms with van der Waals surface area (Å²) in [5.41, 5.74) is 2.32. The first-order valence-corrected chi connectivity index (χ1v) is 11.1. The van der Waals surface area contributed by atoms with Gasteiger partial charge in [0.15, 0.2) is 5.82 Å². The van der Waals surface area contributed by atoms with Crippen LogP contribution < -0.4 is 5.32 Å². The van der Waals surface area contributed by atoms with Crippen molar-refractivity contribution in [3.63, 3.8) is 0 Å². The molecule has 8 nitrogen and oxygen atoms in total. The van der Waals surface area contributed by atoms with Crippen LogP contribution in [-0.2, 0) is 17.6 Å². The highest BCUT2D eigenvalue weighted by molar-refractivity contribution is 7.17. The molecule has 2 aromatic heterocycles. The summed E-state index contributed by atoms with van der Waals surface area (Å²) in [5, 5.41) is 22.3. The molecule has 0 unspecified atom stereocenters. The number of carboxylic acid groups (broad SMARTS) is 2. The third kappa shape index (κ3) is 4.60. The van der Waals surface area contributed by atoms with E-state index in [-0.39, 0.29) is 11.8 Å². The van der Waals surface area contributed by atoms with Crippen molar-refractivity contribution in [1.82, 2.24) is 10.1 Å². The van der Waals surface area contributed by atoms with Crippen LogP contribution in [0.25, 0.3) is 11.5 Å². The van der Waals surface area contributed by atoms with Gasteiger partial charge in [0.2, 0.25) is 5.91 Å². The predicted octanol–water partition coefficient (Wildman–Crippen LogP) is 4.91. The number of hydrogen-bond donors (Lipinski definition) is 3.